The second-order valence-electron chi connectivity index (χ2n) is 5.39. The molecule has 15 heavy (non-hydrogen) atoms. The summed E-state index contributed by atoms with van der Waals surface area (Å²) in [7, 11) is 0. The Balaban J connectivity index is 1.91. The van der Waals surface area contributed by atoms with Gasteiger partial charge in [0.05, 0.1) is 0 Å². The lowest BCUT2D eigenvalue weighted by molar-refractivity contribution is 0.103. The Morgan fingerprint density at radius 2 is 2.27 bits per heavy atom. The average Bonchev–Trinajstić information content (AvgIpc) is 3.01. The molecule has 2 unspecified atom stereocenters. The highest BCUT2D eigenvalue weighted by atomic mass is 32.2. The zero-order valence-electron chi connectivity index (χ0n) is 10.3. The summed E-state index contributed by atoms with van der Waals surface area (Å²) in [6.07, 6.45) is 5.08. The van der Waals surface area contributed by atoms with Crippen molar-refractivity contribution >= 4 is 11.8 Å². The van der Waals surface area contributed by atoms with E-state index in [1.54, 1.807) is 0 Å². The van der Waals surface area contributed by atoms with Crippen molar-refractivity contribution in [3.8, 4) is 0 Å². The van der Waals surface area contributed by atoms with Gasteiger partial charge < -0.3 is 5.32 Å². The van der Waals surface area contributed by atoms with Crippen molar-refractivity contribution in [2.75, 3.05) is 31.6 Å². The van der Waals surface area contributed by atoms with Crippen LogP contribution in [0.3, 0.4) is 0 Å². The highest BCUT2D eigenvalue weighted by molar-refractivity contribution is 7.98. The van der Waals surface area contributed by atoms with Gasteiger partial charge in [-0.1, -0.05) is 0 Å². The lowest BCUT2D eigenvalue weighted by Gasteiger charge is -2.44. The average molecular weight is 228 g/mol. The van der Waals surface area contributed by atoms with Gasteiger partial charge >= 0.3 is 0 Å². The first kappa shape index (κ1) is 11.7. The predicted octanol–water partition coefficient (Wildman–Crippen LogP) is 1.81. The van der Waals surface area contributed by atoms with E-state index < -0.39 is 0 Å². The van der Waals surface area contributed by atoms with Gasteiger partial charge in [0.15, 0.2) is 0 Å². The molecule has 88 valence electrons. The Bertz CT molecular complexity index is 218. The van der Waals surface area contributed by atoms with E-state index in [4.69, 9.17) is 0 Å². The van der Waals surface area contributed by atoms with Crippen molar-refractivity contribution in [1.82, 2.24) is 10.2 Å². The molecule has 1 heterocycles. The molecule has 2 rings (SSSR count). The molecule has 0 spiro atoms. The number of nitrogens with zero attached hydrogens (tertiary/aromatic N) is 1. The minimum atomic E-state index is 0.408. The van der Waals surface area contributed by atoms with Crippen LogP contribution < -0.4 is 5.32 Å². The molecular weight excluding hydrogens is 204 g/mol. The summed E-state index contributed by atoms with van der Waals surface area (Å²) in [5, 5.41) is 3.74. The van der Waals surface area contributed by atoms with Crippen LogP contribution in [0.5, 0.6) is 0 Å². The fourth-order valence-electron chi connectivity index (χ4n) is 2.76. The molecule has 1 N–H and O–H groups in total. The summed E-state index contributed by atoms with van der Waals surface area (Å²) < 4.78 is 0. The predicted molar refractivity (Wildman–Crippen MR) is 68.5 cm³/mol. The van der Waals surface area contributed by atoms with Gasteiger partial charge in [-0.15, -0.1) is 0 Å². The van der Waals surface area contributed by atoms with E-state index in [9.17, 15) is 0 Å². The van der Waals surface area contributed by atoms with Crippen LogP contribution in [0.1, 0.15) is 26.7 Å². The van der Waals surface area contributed by atoms with Crippen LogP contribution in [-0.4, -0.2) is 48.1 Å². The highest BCUT2D eigenvalue weighted by Gasteiger charge is 2.44. The van der Waals surface area contributed by atoms with E-state index >= 15 is 0 Å². The molecule has 0 amide bonds. The second kappa shape index (κ2) is 4.64. The van der Waals surface area contributed by atoms with Crippen molar-refractivity contribution in [2.45, 2.75) is 38.3 Å². The lowest BCUT2D eigenvalue weighted by Crippen LogP contribution is -2.61. The van der Waals surface area contributed by atoms with Gasteiger partial charge in [-0.3, -0.25) is 4.90 Å². The molecule has 0 aromatic heterocycles. The third-order valence-electron chi connectivity index (χ3n) is 3.97. The van der Waals surface area contributed by atoms with Gasteiger partial charge in [0.1, 0.15) is 0 Å². The molecule has 0 radical (unpaired) electrons. The third kappa shape index (κ3) is 2.69. The normalized spacial score (nSPS) is 35.4. The minimum Gasteiger partial charge on any atom is -0.309 e. The third-order valence-corrected chi connectivity index (χ3v) is 4.78. The maximum absolute atomic E-state index is 3.74. The molecule has 2 aliphatic rings. The second-order valence-corrected chi connectivity index (χ2v) is 6.30. The summed E-state index contributed by atoms with van der Waals surface area (Å²) in [5.74, 6) is 2.21. The van der Waals surface area contributed by atoms with Crippen molar-refractivity contribution in [3.05, 3.63) is 0 Å². The number of hydrogen-bond acceptors (Lipinski definition) is 3. The van der Waals surface area contributed by atoms with E-state index in [-0.39, 0.29) is 0 Å². The molecule has 2 atom stereocenters. The number of hydrogen-bond donors (Lipinski definition) is 1. The summed E-state index contributed by atoms with van der Waals surface area (Å²) >= 11 is 1.97. The molecule has 0 aromatic rings. The Hall–Kier alpha value is 0.270. The Kier molecular flexibility index (Phi) is 3.63. The smallest absolute Gasteiger partial charge is 0.0309 e. The van der Waals surface area contributed by atoms with Crippen molar-refractivity contribution in [2.24, 2.45) is 5.92 Å². The van der Waals surface area contributed by atoms with Crippen molar-refractivity contribution in [1.29, 1.82) is 0 Å². The molecule has 1 saturated carbocycles. The molecule has 2 fully saturated rings. The topological polar surface area (TPSA) is 15.3 Å². The first-order valence-electron chi connectivity index (χ1n) is 6.14. The molecule has 1 aliphatic carbocycles. The first-order valence-corrected chi connectivity index (χ1v) is 7.53. The summed E-state index contributed by atoms with van der Waals surface area (Å²) in [6.45, 7) is 8.44. The van der Waals surface area contributed by atoms with Gasteiger partial charge in [0.2, 0.25) is 0 Å². The van der Waals surface area contributed by atoms with Crippen LogP contribution in [0.2, 0.25) is 0 Å². The van der Waals surface area contributed by atoms with Gasteiger partial charge in [-0.25, -0.2) is 0 Å². The van der Waals surface area contributed by atoms with Crippen LogP contribution in [0.15, 0.2) is 0 Å². The van der Waals surface area contributed by atoms with Crippen molar-refractivity contribution < 1.29 is 0 Å². The monoisotopic (exact) mass is 228 g/mol. The van der Waals surface area contributed by atoms with Gasteiger partial charge in [0.25, 0.3) is 0 Å². The molecule has 2 nitrogen and oxygen atoms in total. The van der Waals surface area contributed by atoms with Crippen LogP contribution in [0.25, 0.3) is 0 Å². The van der Waals surface area contributed by atoms with Crippen LogP contribution in [0, 0.1) is 5.92 Å². The molecule has 3 heteroatoms. The zero-order valence-corrected chi connectivity index (χ0v) is 11.1. The van der Waals surface area contributed by atoms with E-state index in [2.05, 4.69) is 30.3 Å². The van der Waals surface area contributed by atoms with Crippen molar-refractivity contribution in [3.63, 3.8) is 0 Å². The maximum Gasteiger partial charge on any atom is 0.0309 e. The lowest BCUT2D eigenvalue weighted by atomic mass is 9.92. The fraction of sp³-hybridized carbons (Fsp3) is 1.00. The van der Waals surface area contributed by atoms with E-state index in [0.717, 1.165) is 12.0 Å². The summed E-state index contributed by atoms with van der Waals surface area (Å²) in [5.41, 5.74) is 0.408. The van der Waals surface area contributed by atoms with E-state index in [1.807, 2.05) is 11.8 Å². The Morgan fingerprint density at radius 3 is 2.87 bits per heavy atom. The molecule has 1 saturated heterocycles. The summed E-state index contributed by atoms with van der Waals surface area (Å²) in [4.78, 5) is 2.67. The molecule has 0 bridgehead atoms. The first-order chi connectivity index (χ1) is 7.15. The molecular formula is C12H24N2S. The van der Waals surface area contributed by atoms with Crippen LogP contribution in [0.4, 0.5) is 0 Å². The summed E-state index contributed by atoms with van der Waals surface area (Å²) in [6, 6.07) is 0.736. The fourth-order valence-corrected chi connectivity index (χ4v) is 3.45. The van der Waals surface area contributed by atoms with Gasteiger partial charge in [-0.2, -0.15) is 11.8 Å². The Morgan fingerprint density at radius 1 is 1.53 bits per heavy atom. The number of rotatable bonds is 4. The Labute approximate surface area is 98.2 Å². The van der Waals surface area contributed by atoms with Crippen LogP contribution >= 0.6 is 11.8 Å². The van der Waals surface area contributed by atoms with Crippen LogP contribution in [-0.2, 0) is 0 Å². The zero-order chi connectivity index (χ0) is 10.9. The quantitative estimate of drug-likeness (QED) is 0.790. The van der Waals surface area contributed by atoms with E-state index in [1.165, 1.54) is 38.2 Å². The number of piperazine rings is 1. The largest absolute Gasteiger partial charge is 0.309 e. The number of nitrogens with one attached hydrogen (secondary N) is 1. The van der Waals surface area contributed by atoms with Gasteiger partial charge in [0, 0.05) is 37.0 Å². The standard InChI is InChI=1S/C12H24N2S/c1-10(8-15-3)14-7-6-13-12(2,9-14)11-4-5-11/h10-11,13H,4-9H2,1-3H3. The molecule has 1 aliphatic heterocycles. The molecule has 0 aromatic carbocycles. The van der Waals surface area contributed by atoms with Gasteiger partial charge in [-0.05, 0) is 38.9 Å². The maximum atomic E-state index is 3.74. The SMILES string of the molecule is CSCC(C)N1CCNC(C)(C2CC2)C1. The minimum absolute atomic E-state index is 0.408. The highest BCUT2D eigenvalue weighted by Crippen LogP contribution is 2.41. The van der Waals surface area contributed by atoms with E-state index in [0.29, 0.717) is 5.54 Å². The number of thioether (sulfide) groups is 1.